The summed E-state index contributed by atoms with van der Waals surface area (Å²) in [7, 11) is -2.90. The van der Waals surface area contributed by atoms with Gasteiger partial charge in [0.25, 0.3) is 0 Å². The molecule has 1 rings (SSSR count). The largest absolute Gasteiger partial charge is 0.468 e. The van der Waals surface area contributed by atoms with Crippen molar-refractivity contribution in [2.24, 2.45) is 0 Å². The normalized spacial score (nSPS) is 11.6. The highest BCUT2D eigenvalue weighted by molar-refractivity contribution is 7.89. The number of rotatable bonds is 5. The first-order valence-corrected chi connectivity index (χ1v) is 7.16. The maximum Gasteiger partial charge on any atom is 0.321 e. The number of hydrogen-bond acceptors (Lipinski definition) is 4. The highest BCUT2D eigenvalue weighted by atomic mass is 35.5. The molecule has 1 aromatic rings. The molecule has 106 valence electrons. The van der Waals surface area contributed by atoms with Gasteiger partial charge in [0.15, 0.2) is 0 Å². The fourth-order valence-electron chi connectivity index (χ4n) is 1.39. The predicted octanol–water partition coefficient (Wildman–Crippen LogP) is 1.66. The van der Waals surface area contributed by atoms with Gasteiger partial charge in [-0.2, -0.15) is 4.31 Å². The molecule has 0 fully saturated rings. The summed E-state index contributed by atoms with van der Waals surface area (Å²) in [6.07, 6.45) is 0. The van der Waals surface area contributed by atoms with Gasteiger partial charge in [0.1, 0.15) is 17.3 Å². The average molecular weight is 310 g/mol. The van der Waals surface area contributed by atoms with Crippen molar-refractivity contribution in [2.45, 2.75) is 11.8 Å². The number of methoxy groups -OCH3 is 1. The Kier molecular flexibility index (Phi) is 5.28. The zero-order valence-electron chi connectivity index (χ0n) is 10.4. The van der Waals surface area contributed by atoms with Gasteiger partial charge in [-0.3, -0.25) is 4.79 Å². The Morgan fingerprint density at radius 2 is 2.11 bits per heavy atom. The van der Waals surface area contributed by atoms with Crippen LogP contribution in [0.2, 0.25) is 5.02 Å². The number of benzene rings is 1. The third-order valence-electron chi connectivity index (χ3n) is 2.40. The van der Waals surface area contributed by atoms with Crippen molar-refractivity contribution in [3.63, 3.8) is 0 Å². The van der Waals surface area contributed by atoms with E-state index in [2.05, 4.69) is 4.74 Å². The van der Waals surface area contributed by atoms with E-state index in [-0.39, 0.29) is 16.5 Å². The van der Waals surface area contributed by atoms with E-state index in [9.17, 15) is 17.6 Å². The van der Waals surface area contributed by atoms with Crippen LogP contribution in [0.3, 0.4) is 0 Å². The summed E-state index contributed by atoms with van der Waals surface area (Å²) >= 11 is 5.76. The summed E-state index contributed by atoms with van der Waals surface area (Å²) in [5.74, 6) is -1.44. The molecule has 0 aliphatic rings. The molecule has 0 N–H and O–H groups in total. The van der Waals surface area contributed by atoms with Crippen molar-refractivity contribution < 1.29 is 22.3 Å². The van der Waals surface area contributed by atoms with Gasteiger partial charge in [0.2, 0.25) is 10.0 Å². The van der Waals surface area contributed by atoms with Crippen LogP contribution in [0.15, 0.2) is 23.1 Å². The number of likely N-dealkylation sites (N-methyl/N-ethyl adjacent to an activating group) is 1. The first-order valence-electron chi connectivity index (χ1n) is 5.35. The van der Waals surface area contributed by atoms with E-state index in [0.717, 1.165) is 29.6 Å². The summed E-state index contributed by atoms with van der Waals surface area (Å²) in [5, 5.41) is -0.107. The lowest BCUT2D eigenvalue weighted by Gasteiger charge is -2.19. The second kappa shape index (κ2) is 6.31. The van der Waals surface area contributed by atoms with Crippen molar-refractivity contribution >= 4 is 27.6 Å². The van der Waals surface area contributed by atoms with Crippen molar-refractivity contribution in [1.29, 1.82) is 0 Å². The molecule has 0 spiro atoms. The van der Waals surface area contributed by atoms with Gasteiger partial charge in [0, 0.05) is 6.54 Å². The van der Waals surface area contributed by atoms with Crippen molar-refractivity contribution in [3.05, 3.63) is 29.0 Å². The van der Waals surface area contributed by atoms with Gasteiger partial charge in [-0.25, -0.2) is 12.8 Å². The van der Waals surface area contributed by atoms with Crippen LogP contribution in [0.4, 0.5) is 4.39 Å². The standard InChI is InChI=1S/C11H13ClFNO4S/c1-3-14(7-11(15)18-2)19(16,17)10-6-8(13)4-5-9(10)12/h4-6H,3,7H2,1-2H3. The maximum absolute atomic E-state index is 13.1. The van der Waals surface area contributed by atoms with E-state index in [1.807, 2.05) is 0 Å². The molecule has 0 aliphatic carbocycles. The molecule has 0 amide bonds. The van der Waals surface area contributed by atoms with Crippen molar-refractivity contribution in [1.82, 2.24) is 4.31 Å². The Morgan fingerprint density at radius 3 is 2.63 bits per heavy atom. The topological polar surface area (TPSA) is 63.7 Å². The second-order valence-corrected chi connectivity index (χ2v) is 5.90. The summed E-state index contributed by atoms with van der Waals surface area (Å²) < 4.78 is 42.9. The zero-order chi connectivity index (χ0) is 14.6. The number of carbonyl (C=O) groups excluding carboxylic acids is 1. The Labute approximate surface area is 116 Å². The molecule has 0 atom stereocenters. The van der Waals surface area contributed by atoms with Crippen LogP contribution in [0.25, 0.3) is 0 Å². The number of ether oxygens (including phenoxy) is 1. The highest BCUT2D eigenvalue weighted by Gasteiger charge is 2.28. The predicted molar refractivity (Wildman–Crippen MR) is 67.9 cm³/mol. The molecule has 5 nitrogen and oxygen atoms in total. The molecule has 0 aromatic heterocycles. The fraction of sp³-hybridized carbons (Fsp3) is 0.364. The van der Waals surface area contributed by atoms with Crippen LogP contribution in [0.1, 0.15) is 6.92 Å². The lowest BCUT2D eigenvalue weighted by molar-refractivity contribution is -0.140. The second-order valence-electron chi connectivity index (χ2n) is 3.58. The fourth-order valence-corrected chi connectivity index (χ4v) is 3.27. The Bertz CT molecular complexity index is 576. The summed E-state index contributed by atoms with van der Waals surface area (Å²) in [5.41, 5.74) is 0. The summed E-state index contributed by atoms with van der Waals surface area (Å²) in [6, 6.07) is 3.02. The molecule has 1 aromatic carbocycles. The van der Waals surface area contributed by atoms with Gasteiger partial charge in [-0.1, -0.05) is 18.5 Å². The highest BCUT2D eigenvalue weighted by Crippen LogP contribution is 2.25. The number of hydrogen-bond donors (Lipinski definition) is 0. The number of carbonyl (C=O) groups is 1. The summed E-state index contributed by atoms with van der Waals surface area (Å²) in [6.45, 7) is 1.13. The van der Waals surface area contributed by atoms with Gasteiger partial charge >= 0.3 is 5.97 Å². The van der Waals surface area contributed by atoms with E-state index < -0.39 is 28.4 Å². The van der Waals surface area contributed by atoms with Crippen LogP contribution in [0.5, 0.6) is 0 Å². The van der Waals surface area contributed by atoms with Gasteiger partial charge in [-0.15, -0.1) is 0 Å². The van der Waals surface area contributed by atoms with E-state index in [1.54, 1.807) is 6.92 Å². The molecule has 0 heterocycles. The van der Waals surface area contributed by atoms with E-state index in [1.165, 1.54) is 0 Å². The number of sulfonamides is 1. The van der Waals surface area contributed by atoms with Gasteiger partial charge < -0.3 is 4.74 Å². The van der Waals surface area contributed by atoms with Crippen LogP contribution >= 0.6 is 11.6 Å². The first-order chi connectivity index (χ1) is 8.82. The minimum atomic E-state index is -4.05. The quantitative estimate of drug-likeness (QED) is 0.776. The van der Waals surface area contributed by atoms with Crippen LogP contribution in [0, 0.1) is 5.82 Å². The van der Waals surface area contributed by atoms with Crippen LogP contribution in [-0.2, 0) is 19.6 Å². The molecule has 19 heavy (non-hydrogen) atoms. The third kappa shape index (κ3) is 3.65. The molecular weight excluding hydrogens is 297 g/mol. The van der Waals surface area contributed by atoms with Crippen LogP contribution in [-0.4, -0.2) is 38.9 Å². The Morgan fingerprint density at radius 1 is 1.47 bits per heavy atom. The molecule has 0 radical (unpaired) electrons. The number of nitrogens with zero attached hydrogens (tertiary/aromatic N) is 1. The van der Waals surface area contributed by atoms with Crippen molar-refractivity contribution in [2.75, 3.05) is 20.2 Å². The minimum Gasteiger partial charge on any atom is -0.468 e. The minimum absolute atomic E-state index is 0.0320. The smallest absolute Gasteiger partial charge is 0.321 e. The average Bonchev–Trinajstić information content (AvgIpc) is 2.37. The molecule has 0 bridgehead atoms. The Hall–Kier alpha value is -1.18. The first kappa shape index (κ1) is 15.9. The van der Waals surface area contributed by atoms with E-state index >= 15 is 0 Å². The molecule has 0 saturated heterocycles. The number of halogens is 2. The van der Waals surface area contributed by atoms with E-state index in [4.69, 9.17) is 11.6 Å². The maximum atomic E-state index is 13.1. The lowest BCUT2D eigenvalue weighted by atomic mass is 10.3. The molecule has 0 unspecified atom stereocenters. The van der Waals surface area contributed by atoms with Gasteiger partial charge in [-0.05, 0) is 18.2 Å². The van der Waals surface area contributed by atoms with Crippen LogP contribution < -0.4 is 0 Å². The third-order valence-corrected chi connectivity index (χ3v) is 4.80. The summed E-state index contributed by atoms with van der Waals surface area (Å²) in [4.78, 5) is 10.8. The van der Waals surface area contributed by atoms with Gasteiger partial charge in [0.05, 0.1) is 12.1 Å². The lowest BCUT2D eigenvalue weighted by Crippen LogP contribution is -2.36. The SMILES string of the molecule is CCN(CC(=O)OC)S(=O)(=O)c1cc(F)ccc1Cl. The molecule has 0 saturated carbocycles. The molecule has 8 heteroatoms. The monoisotopic (exact) mass is 309 g/mol. The number of esters is 1. The van der Waals surface area contributed by atoms with Crippen molar-refractivity contribution in [3.8, 4) is 0 Å². The van der Waals surface area contributed by atoms with E-state index in [0.29, 0.717) is 0 Å². The molecular formula is C11H13ClFNO4S. The zero-order valence-corrected chi connectivity index (χ0v) is 12.0. The Balaban J connectivity index is 3.20. The molecule has 0 aliphatic heterocycles.